The number of amides is 1. The molecular weight excluding hydrogens is 250 g/mol. The number of hydrogen-bond donors (Lipinski definition) is 2. The molecule has 2 rings (SSSR count). The Morgan fingerprint density at radius 3 is 2.72 bits per heavy atom. The molecule has 98 valence electrons. The normalized spacial score (nSPS) is 18.7. The van der Waals surface area contributed by atoms with Crippen LogP contribution in [0.25, 0.3) is 0 Å². The van der Waals surface area contributed by atoms with Crippen molar-refractivity contribution in [2.45, 2.75) is 38.6 Å². The smallest absolute Gasteiger partial charge is 0.319 e. The van der Waals surface area contributed by atoms with Gasteiger partial charge in [-0.2, -0.15) is 11.3 Å². The molecule has 1 heterocycles. The number of hydrogen-bond acceptors (Lipinski definition) is 3. The van der Waals surface area contributed by atoms with Crippen LogP contribution in [0.15, 0.2) is 16.8 Å². The second-order valence-corrected chi connectivity index (χ2v) is 5.73. The van der Waals surface area contributed by atoms with Crippen molar-refractivity contribution in [3.63, 3.8) is 0 Å². The molecule has 1 fully saturated rings. The van der Waals surface area contributed by atoms with E-state index >= 15 is 0 Å². The van der Waals surface area contributed by atoms with Gasteiger partial charge in [0, 0.05) is 6.04 Å². The van der Waals surface area contributed by atoms with Crippen LogP contribution < -0.4 is 5.32 Å². The number of carboxylic acid groups (broad SMARTS) is 1. The minimum atomic E-state index is -1.16. The molecular formula is C13H17NO3S. The van der Waals surface area contributed by atoms with Gasteiger partial charge >= 0.3 is 5.97 Å². The standard InChI is InChI=1S/C13H17NO3S/c1-9(7-10-3-6-18-8-10)14-11(15)13(12(16)17)4-2-5-13/h3,6,8-9H,2,4-5,7H2,1H3,(H,14,15)(H,16,17). The van der Waals surface area contributed by atoms with Gasteiger partial charge in [0.25, 0.3) is 0 Å². The molecule has 4 nitrogen and oxygen atoms in total. The summed E-state index contributed by atoms with van der Waals surface area (Å²) in [6.45, 7) is 1.91. The summed E-state index contributed by atoms with van der Waals surface area (Å²) in [5, 5.41) is 16.0. The highest BCUT2D eigenvalue weighted by molar-refractivity contribution is 7.07. The van der Waals surface area contributed by atoms with Crippen LogP contribution in [-0.4, -0.2) is 23.0 Å². The lowest BCUT2D eigenvalue weighted by Crippen LogP contribution is -2.53. The Kier molecular flexibility index (Phi) is 3.71. The van der Waals surface area contributed by atoms with Crippen LogP contribution in [0.3, 0.4) is 0 Å². The summed E-state index contributed by atoms with van der Waals surface area (Å²) < 4.78 is 0. The zero-order valence-electron chi connectivity index (χ0n) is 10.3. The van der Waals surface area contributed by atoms with Crippen molar-refractivity contribution in [3.8, 4) is 0 Å². The van der Waals surface area contributed by atoms with Gasteiger partial charge in [-0.3, -0.25) is 9.59 Å². The Balaban J connectivity index is 1.92. The molecule has 1 aliphatic carbocycles. The third-order valence-electron chi connectivity index (χ3n) is 3.55. The molecule has 0 saturated heterocycles. The summed E-state index contributed by atoms with van der Waals surface area (Å²) >= 11 is 1.62. The average molecular weight is 267 g/mol. The Bertz CT molecular complexity index is 437. The molecule has 1 aromatic heterocycles. The lowest BCUT2D eigenvalue weighted by Gasteiger charge is -2.36. The zero-order valence-corrected chi connectivity index (χ0v) is 11.1. The molecule has 0 aromatic carbocycles. The number of carbonyl (C=O) groups excluding carboxylic acids is 1. The molecule has 0 aliphatic heterocycles. The molecule has 1 atom stereocenters. The van der Waals surface area contributed by atoms with E-state index in [1.54, 1.807) is 11.3 Å². The number of thiophene rings is 1. The molecule has 1 aromatic rings. The van der Waals surface area contributed by atoms with Gasteiger partial charge in [0.05, 0.1) is 0 Å². The maximum Gasteiger partial charge on any atom is 0.319 e. The number of nitrogens with one attached hydrogen (secondary N) is 1. The van der Waals surface area contributed by atoms with Gasteiger partial charge in [0.1, 0.15) is 5.41 Å². The van der Waals surface area contributed by atoms with Gasteiger partial charge in [-0.25, -0.2) is 0 Å². The fourth-order valence-corrected chi connectivity index (χ4v) is 2.93. The average Bonchev–Trinajstić information content (AvgIpc) is 2.66. The van der Waals surface area contributed by atoms with Crippen molar-refractivity contribution < 1.29 is 14.7 Å². The van der Waals surface area contributed by atoms with Gasteiger partial charge in [0.15, 0.2) is 0 Å². The van der Waals surface area contributed by atoms with Crippen molar-refractivity contribution in [2.75, 3.05) is 0 Å². The van der Waals surface area contributed by atoms with Crippen molar-refractivity contribution in [3.05, 3.63) is 22.4 Å². The van der Waals surface area contributed by atoms with Crippen molar-refractivity contribution in [2.24, 2.45) is 5.41 Å². The largest absolute Gasteiger partial charge is 0.480 e. The van der Waals surface area contributed by atoms with Crippen molar-refractivity contribution in [1.29, 1.82) is 0 Å². The van der Waals surface area contributed by atoms with Crippen LogP contribution in [0.2, 0.25) is 0 Å². The molecule has 1 unspecified atom stereocenters. The Morgan fingerprint density at radius 2 is 2.28 bits per heavy atom. The summed E-state index contributed by atoms with van der Waals surface area (Å²) in [7, 11) is 0. The highest BCUT2D eigenvalue weighted by Gasteiger charge is 2.51. The first-order chi connectivity index (χ1) is 8.54. The third kappa shape index (κ3) is 2.41. The first-order valence-corrected chi connectivity index (χ1v) is 7.04. The summed E-state index contributed by atoms with van der Waals surface area (Å²) in [5.74, 6) is -1.32. The van der Waals surface area contributed by atoms with Crippen LogP contribution in [0.5, 0.6) is 0 Å². The van der Waals surface area contributed by atoms with Crippen molar-refractivity contribution >= 4 is 23.2 Å². The van der Waals surface area contributed by atoms with E-state index in [9.17, 15) is 9.59 Å². The molecule has 1 amide bonds. The van der Waals surface area contributed by atoms with Gasteiger partial charge in [-0.15, -0.1) is 0 Å². The van der Waals surface area contributed by atoms with E-state index < -0.39 is 11.4 Å². The van der Waals surface area contributed by atoms with Crippen LogP contribution in [0.1, 0.15) is 31.7 Å². The lowest BCUT2D eigenvalue weighted by atomic mass is 9.68. The van der Waals surface area contributed by atoms with Crippen LogP contribution >= 0.6 is 11.3 Å². The zero-order chi connectivity index (χ0) is 13.2. The molecule has 18 heavy (non-hydrogen) atoms. The summed E-state index contributed by atoms with van der Waals surface area (Å²) in [5.41, 5.74) is 0.00824. The molecule has 1 saturated carbocycles. The number of aliphatic carboxylic acids is 1. The van der Waals surface area contributed by atoms with E-state index in [0.29, 0.717) is 12.8 Å². The predicted octanol–water partition coefficient (Wildman–Crippen LogP) is 2.05. The van der Waals surface area contributed by atoms with E-state index in [2.05, 4.69) is 5.32 Å². The fourth-order valence-electron chi connectivity index (χ4n) is 2.24. The second-order valence-electron chi connectivity index (χ2n) is 4.95. The maximum atomic E-state index is 12.0. The fraction of sp³-hybridized carbons (Fsp3) is 0.538. The van der Waals surface area contributed by atoms with E-state index in [0.717, 1.165) is 12.8 Å². The van der Waals surface area contributed by atoms with E-state index in [1.807, 2.05) is 23.8 Å². The van der Waals surface area contributed by atoms with Crippen LogP contribution in [0, 0.1) is 5.41 Å². The van der Waals surface area contributed by atoms with Gasteiger partial charge in [-0.1, -0.05) is 6.42 Å². The Morgan fingerprint density at radius 1 is 1.56 bits per heavy atom. The first-order valence-electron chi connectivity index (χ1n) is 6.10. The number of rotatable bonds is 5. The molecule has 2 N–H and O–H groups in total. The Hall–Kier alpha value is -1.36. The van der Waals surface area contributed by atoms with Gasteiger partial charge < -0.3 is 10.4 Å². The molecule has 0 spiro atoms. The predicted molar refractivity (Wildman–Crippen MR) is 69.5 cm³/mol. The molecule has 0 bridgehead atoms. The molecule has 1 aliphatic rings. The highest BCUT2D eigenvalue weighted by atomic mass is 32.1. The van der Waals surface area contributed by atoms with Crippen LogP contribution in [-0.2, 0) is 16.0 Å². The number of carbonyl (C=O) groups is 2. The summed E-state index contributed by atoms with van der Waals surface area (Å²) in [6.07, 6.45) is 2.47. The first kappa shape index (κ1) is 13.1. The van der Waals surface area contributed by atoms with E-state index in [1.165, 1.54) is 5.56 Å². The summed E-state index contributed by atoms with van der Waals surface area (Å²) in [6, 6.07) is 1.98. The minimum Gasteiger partial charge on any atom is -0.480 e. The van der Waals surface area contributed by atoms with Crippen molar-refractivity contribution in [1.82, 2.24) is 5.32 Å². The monoisotopic (exact) mass is 267 g/mol. The highest BCUT2D eigenvalue weighted by Crippen LogP contribution is 2.41. The third-order valence-corrected chi connectivity index (χ3v) is 4.28. The van der Waals surface area contributed by atoms with E-state index in [4.69, 9.17) is 5.11 Å². The second kappa shape index (κ2) is 5.10. The number of carboxylic acids is 1. The molecule has 5 heteroatoms. The lowest BCUT2D eigenvalue weighted by molar-refractivity contribution is -0.162. The summed E-state index contributed by atoms with van der Waals surface area (Å²) in [4.78, 5) is 23.2. The van der Waals surface area contributed by atoms with Crippen LogP contribution in [0.4, 0.5) is 0 Å². The minimum absolute atomic E-state index is 0.0380. The maximum absolute atomic E-state index is 12.0. The Labute approximate surface area is 110 Å². The van der Waals surface area contributed by atoms with Gasteiger partial charge in [0.2, 0.25) is 5.91 Å². The molecule has 0 radical (unpaired) electrons. The quantitative estimate of drug-likeness (QED) is 0.802. The van der Waals surface area contributed by atoms with E-state index in [-0.39, 0.29) is 11.9 Å². The van der Waals surface area contributed by atoms with Gasteiger partial charge in [-0.05, 0) is 48.6 Å². The topological polar surface area (TPSA) is 66.4 Å². The SMILES string of the molecule is CC(Cc1ccsc1)NC(=O)C1(C(=O)O)CCC1.